The maximum absolute atomic E-state index is 12.4. The molecule has 0 N–H and O–H groups in total. The molecule has 9 heteroatoms. The van der Waals surface area contributed by atoms with Gasteiger partial charge in [0.05, 0.1) is 9.85 Å². The normalized spacial score (nSPS) is 12.6. The van der Waals surface area contributed by atoms with Crippen LogP contribution in [0.4, 0.5) is 17.1 Å². The maximum atomic E-state index is 12.4. The fourth-order valence-electron chi connectivity index (χ4n) is 2.87. The van der Waals surface area contributed by atoms with Gasteiger partial charge in [-0.25, -0.2) is 0 Å². The summed E-state index contributed by atoms with van der Waals surface area (Å²) < 4.78 is 5.36. The van der Waals surface area contributed by atoms with Gasteiger partial charge in [-0.15, -0.1) is 0 Å². The lowest BCUT2D eigenvalue weighted by Gasteiger charge is -2.17. The lowest BCUT2D eigenvalue weighted by molar-refractivity contribution is -0.385. The van der Waals surface area contributed by atoms with Crippen LogP contribution < -0.4 is 9.64 Å². The Bertz CT molecular complexity index is 911. The van der Waals surface area contributed by atoms with Gasteiger partial charge in [0.1, 0.15) is 0 Å². The molecule has 0 spiro atoms. The van der Waals surface area contributed by atoms with E-state index in [1.54, 1.807) is 13.0 Å². The lowest BCUT2D eigenvalue weighted by Crippen LogP contribution is -2.33. The predicted molar refractivity (Wildman–Crippen MR) is 92.5 cm³/mol. The van der Waals surface area contributed by atoms with Crippen LogP contribution in [-0.4, -0.2) is 28.9 Å². The third kappa shape index (κ3) is 3.32. The van der Waals surface area contributed by atoms with Crippen LogP contribution in [0.5, 0.6) is 5.75 Å². The number of ether oxygens (including phenoxy) is 1. The highest BCUT2D eigenvalue weighted by molar-refractivity contribution is 5.96. The second kappa shape index (κ2) is 6.79. The Morgan fingerprint density at radius 1 is 1.15 bits per heavy atom. The van der Waals surface area contributed by atoms with Crippen LogP contribution in [0.15, 0.2) is 36.4 Å². The van der Waals surface area contributed by atoms with Crippen molar-refractivity contribution in [2.45, 2.75) is 13.3 Å². The summed E-state index contributed by atoms with van der Waals surface area (Å²) in [7, 11) is 0. The van der Waals surface area contributed by atoms with Gasteiger partial charge in [0.15, 0.2) is 12.4 Å². The Kier molecular flexibility index (Phi) is 4.53. The van der Waals surface area contributed by atoms with Crippen LogP contribution in [0, 0.1) is 27.2 Å². The van der Waals surface area contributed by atoms with E-state index in [4.69, 9.17) is 4.74 Å². The van der Waals surface area contributed by atoms with E-state index in [1.165, 1.54) is 35.2 Å². The van der Waals surface area contributed by atoms with Crippen molar-refractivity contribution in [3.8, 4) is 5.75 Å². The second-order valence-corrected chi connectivity index (χ2v) is 5.88. The highest BCUT2D eigenvalue weighted by Crippen LogP contribution is 2.32. The molecule has 134 valence electrons. The van der Waals surface area contributed by atoms with E-state index in [2.05, 4.69) is 0 Å². The largest absolute Gasteiger partial charge is 0.477 e. The van der Waals surface area contributed by atoms with Gasteiger partial charge in [-0.2, -0.15) is 0 Å². The molecule has 26 heavy (non-hydrogen) atoms. The van der Waals surface area contributed by atoms with Crippen LogP contribution in [0.3, 0.4) is 0 Å². The predicted octanol–water partition coefficient (Wildman–Crippen LogP) is 2.78. The molecule has 9 nitrogen and oxygen atoms in total. The van der Waals surface area contributed by atoms with Gasteiger partial charge in [0.2, 0.25) is 0 Å². The minimum absolute atomic E-state index is 0.0235. The third-order valence-corrected chi connectivity index (χ3v) is 4.13. The Morgan fingerprint density at radius 3 is 2.62 bits per heavy atom. The average Bonchev–Trinajstić information content (AvgIpc) is 3.03. The van der Waals surface area contributed by atoms with Gasteiger partial charge in [-0.3, -0.25) is 25.0 Å². The quantitative estimate of drug-likeness (QED) is 0.600. The number of carbonyl (C=O) groups excluding carboxylic acids is 1. The molecule has 0 bridgehead atoms. The molecule has 0 radical (unpaired) electrons. The van der Waals surface area contributed by atoms with Gasteiger partial charge in [-0.1, -0.05) is 6.07 Å². The van der Waals surface area contributed by atoms with Crippen LogP contribution in [-0.2, 0) is 11.2 Å². The minimum atomic E-state index is -0.558. The monoisotopic (exact) mass is 357 g/mol. The number of nitrogens with zero attached hydrogens (tertiary/aromatic N) is 3. The fraction of sp³-hybridized carbons (Fsp3) is 0.235. The van der Waals surface area contributed by atoms with E-state index in [0.717, 1.165) is 0 Å². The number of anilines is 1. The molecule has 0 atom stereocenters. The molecule has 3 rings (SSSR count). The van der Waals surface area contributed by atoms with E-state index in [1.807, 2.05) is 0 Å². The van der Waals surface area contributed by atoms with E-state index in [-0.39, 0.29) is 29.6 Å². The van der Waals surface area contributed by atoms with Gasteiger partial charge in [0, 0.05) is 30.4 Å². The van der Waals surface area contributed by atoms with Crippen LogP contribution in [0.25, 0.3) is 0 Å². The van der Waals surface area contributed by atoms with Crippen molar-refractivity contribution in [1.29, 1.82) is 0 Å². The van der Waals surface area contributed by atoms with Crippen molar-refractivity contribution < 1.29 is 19.4 Å². The Morgan fingerprint density at radius 2 is 1.92 bits per heavy atom. The Balaban J connectivity index is 1.73. The highest BCUT2D eigenvalue weighted by atomic mass is 16.6. The topological polar surface area (TPSA) is 116 Å². The summed E-state index contributed by atoms with van der Waals surface area (Å²) in [5.41, 5.74) is 1.81. The molecule has 2 aromatic rings. The van der Waals surface area contributed by atoms with Crippen molar-refractivity contribution >= 4 is 23.0 Å². The molecule has 1 heterocycles. The molecular weight excluding hydrogens is 342 g/mol. The number of nitro groups is 2. The second-order valence-electron chi connectivity index (χ2n) is 5.88. The molecule has 0 saturated carbocycles. The molecule has 0 aromatic heterocycles. The van der Waals surface area contributed by atoms with Crippen LogP contribution in [0.1, 0.15) is 11.1 Å². The van der Waals surface area contributed by atoms with E-state index < -0.39 is 9.85 Å². The number of rotatable bonds is 5. The van der Waals surface area contributed by atoms with Crippen molar-refractivity contribution in [2.75, 3.05) is 18.1 Å². The SMILES string of the molecule is Cc1ccc(OCC(=O)N2CCc3cc([N+](=O)[O-])ccc32)c([N+](=O)[O-])c1. The number of hydrogen-bond donors (Lipinski definition) is 0. The summed E-state index contributed by atoms with van der Waals surface area (Å²) in [4.78, 5) is 34.8. The molecule has 1 aliphatic rings. The van der Waals surface area contributed by atoms with E-state index >= 15 is 0 Å². The Labute approximate surface area is 148 Å². The number of fused-ring (bicyclic) bond motifs is 1. The summed E-state index contributed by atoms with van der Waals surface area (Å²) in [6, 6.07) is 8.83. The summed E-state index contributed by atoms with van der Waals surface area (Å²) in [5, 5.41) is 21.9. The zero-order valence-electron chi connectivity index (χ0n) is 13.9. The number of aryl methyl sites for hydroxylation is 1. The molecule has 1 amide bonds. The van der Waals surface area contributed by atoms with Crippen LogP contribution >= 0.6 is 0 Å². The standard InChI is InChI=1S/C17H15N3O6/c1-11-2-5-16(15(8-11)20(24)25)26-10-17(21)18-7-6-12-9-13(19(22)23)3-4-14(12)18/h2-5,8-9H,6-7,10H2,1H3. The molecular formula is C17H15N3O6. The first kappa shape index (κ1) is 17.3. The van der Waals surface area contributed by atoms with Gasteiger partial charge >= 0.3 is 5.69 Å². The Hall–Kier alpha value is -3.49. The average molecular weight is 357 g/mol. The first-order valence-corrected chi connectivity index (χ1v) is 7.82. The van der Waals surface area contributed by atoms with Crippen molar-refractivity contribution in [2.24, 2.45) is 0 Å². The van der Waals surface area contributed by atoms with Crippen molar-refractivity contribution in [3.05, 3.63) is 67.8 Å². The smallest absolute Gasteiger partial charge is 0.311 e. The van der Waals surface area contributed by atoms with E-state index in [9.17, 15) is 25.0 Å². The fourth-order valence-corrected chi connectivity index (χ4v) is 2.87. The third-order valence-electron chi connectivity index (χ3n) is 4.13. The first-order chi connectivity index (χ1) is 12.4. The van der Waals surface area contributed by atoms with Gasteiger partial charge in [-0.05, 0) is 36.6 Å². The van der Waals surface area contributed by atoms with Crippen molar-refractivity contribution in [3.63, 3.8) is 0 Å². The van der Waals surface area contributed by atoms with Crippen molar-refractivity contribution in [1.82, 2.24) is 0 Å². The summed E-state index contributed by atoms with van der Waals surface area (Å²) in [5.74, 6) is -0.343. The number of amides is 1. The first-order valence-electron chi connectivity index (χ1n) is 7.82. The zero-order chi connectivity index (χ0) is 18.8. The zero-order valence-corrected chi connectivity index (χ0v) is 13.9. The van der Waals surface area contributed by atoms with E-state index in [0.29, 0.717) is 29.8 Å². The molecule has 0 saturated heterocycles. The molecule has 0 unspecified atom stereocenters. The highest BCUT2D eigenvalue weighted by Gasteiger charge is 2.27. The number of non-ortho nitro benzene ring substituents is 1. The van der Waals surface area contributed by atoms with Crippen LogP contribution in [0.2, 0.25) is 0 Å². The lowest BCUT2D eigenvalue weighted by atomic mass is 10.1. The number of carbonyl (C=O) groups is 1. The summed E-state index contributed by atoms with van der Waals surface area (Å²) >= 11 is 0. The number of benzene rings is 2. The summed E-state index contributed by atoms with van der Waals surface area (Å²) in [6.45, 7) is 1.75. The molecule has 0 aliphatic carbocycles. The minimum Gasteiger partial charge on any atom is -0.477 e. The number of nitro benzene ring substituents is 2. The summed E-state index contributed by atoms with van der Waals surface area (Å²) in [6.07, 6.45) is 0.507. The molecule has 0 fully saturated rings. The van der Waals surface area contributed by atoms with Gasteiger partial charge in [0.25, 0.3) is 11.6 Å². The molecule has 1 aliphatic heterocycles. The maximum Gasteiger partial charge on any atom is 0.311 e. The van der Waals surface area contributed by atoms with Gasteiger partial charge < -0.3 is 9.64 Å². The molecule has 2 aromatic carbocycles. The number of hydrogen-bond acceptors (Lipinski definition) is 6.